The van der Waals surface area contributed by atoms with Gasteiger partial charge in [-0.2, -0.15) is 0 Å². The van der Waals surface area contributed by atoms with E-state index in [4.69, 9.17) is 15.2 Å². The van der Waals surface area contributed by atoms with Gasteiger partial charge in [-0.25, -0.2) is 0 Å². The Morgan fingerprint density at radius 3 is 2.29 bits per heavy atom. The summed E-state index contributed by atoms with van der Waals surface area (Å²) in [7, 11) is -1.69. The first kappa shape index (κ1) is 7.10. The molecule has 0 fully saturated rings. The number of hydrogen-bond acceptors (Lipinski definition) is 3. The largest absolute Gasteiger partial charge is 0.394 e. The Morgan fingerprint density at radius 1 is 1.57 bits per heavy atom. The molecule has 44 valence electrons. The van der Waals surface area contributed by atoms with Crippen molar-refractivity contribution in [2.45, 2.75) is 13.3 Å². The minimum Gasteiger partial charge on any atom is -0.394 e. The Bertz CT molecular complexity index is 41.9. The highest BCUT2D eigenvalue weighted by Crippen LogP contribution is 1.74. The van der Waals surface area contributed by atoms with E-state index < -0.39 is 9.36 Å². The summed E-state index contributed by atoms with van der Waals surface area (Å²) in [5.41, 5.74) is 0. The third-order valence-electron chi connectivity index (χ3n) is 0.514. The molecule has 3 nitrogen and oxygen atoms in total. The van der Waals surface area contributed by atoms with Crippen molar-refractivity contribution in [3.63, 3.8) is 0 Å². The Hall–Kier alpha value is 0.0969. The van der Waals surface area contributed by atoms with Crippen LogP contribution in [0.15, 0.2) is 0 Å². The molecule has 0 radical (unpaired) electrons. The quantitative estimate of drug-likeness (QED) is 0.472. The van der Waals surface area contributed by atoms with Crippen molar-refractivity contribution in [1.29, 1.82) is 0 Å². The highest BCUT2D eigenvalue weighted by Gasteiger charge is 1.91. The molecule has 0 aliphatic carbocycles. The van der Waals surface area contributed by atoms with Crippen LogP contribution in [0.1, 0.15) is 13.3 Å². The third-order valence-corrected chi connectivity index (χ3v) is 1.14. The Kier molecular flexibility index (Phi) is 4.32. The molecule has 0 saturated carbocycles. The zero-order valence-corrected chi connectivity index (χ0v) is 5.71. The molecular weight excluding hydrogens is 108 g/mol. The molecule has 0 amide bonds. The molecule has 0 aromatic heterocycles. The lowest BCUT2D eigenvalue weighted by atomic mass is 10.5. The second kappa shape index (κ2) is 4.26. The molecule has 0 bridgehead atoms. The maximum absolute atomic E-state index is 5.17. The van der Waals surface area contributed by atoms with E-state index in [2.05, 4.69) is 0 Å². The summed E-state index contributed by atoms with van der Waals surface area (Å²) >= 11 is 0. The molecule has 0 atom stereocenters. The van der Waals surface area contributed by atoms with Crippen LogP contribution < -0.4 is 10.8 Å². The van der Waals surface area contributed by atoms with Gasteiger partial charge in [0, 0.05) is 6.61 Å². The summed E-state index contributed by atoms with van der Waals surface area (Å²) in [5, 5.41) is 10.3. The summed E-state index contributed by atoms with van der Waals surface area (Å²) in [6, 6.07) is 0. The minimum atomic E-state index is -1.69. The normalized spacial score (nSPS) is 10.3. The summed E-state index contributed by atoms with van der Waals surface area (Å²) in [4.78, 5) is 0. The van der Waals surface area contributed by atoms with Gasteiger partial charge in [-0.3, -0.25) is 0 Å². The van der Waals surface area contributed by atoms with Gasteiger partial charge in [0.15, 0.2) is 0 Å². The maximum Gasteiger partial charge on any atom is 0.329 e. The molecule has 0 aromatic rings. The van der Waals surface area contributed by atoms with Crippen molar-refractivity contribution in [1.82, 2.24) is 0 Å². The van der Waals surface area contributed by atoms with E-state index >= 15 is 0 Å². The summed E-state index contributed by atoms with van der Waals surface area (Å²) in [6.07, 6.45) is 0.998. The molecule has 0 spiro atoms. The highest BCUT2D eigenvalue weighted by molar-refractivity contribution is 6.43. The predicted octanol–water partition coefficient (Wildman–Crippen LogP) is -0.952. The standard InChI is InChI=1S/C3H12N2OSi/c1-2-3-6-7(4)5/h7H,2-5H2,1H3. The highest BCUT2D eigenvalue weighted by atomic mass is 28.3. The molecule has 0 aliphatic rings. The smallest absolute Gasteiger partial charge is 0.329 e. The lowest BCUT2D eigenvalue weighted by molar-refractivity contribution is 0.320. The lowest BCUT2D eigenvalue weighted by Crippen LogP contribution is -2.40. The molecule has 0 rings (SSSR count). The Balaban J connectivity index is 2.68. The molecule has 0 aliphatic heterocycles. The third kappa shape index (κ3) is 6.10. The van der Waals surface area contributed by atoms with Crippen LogP contribution in [0.3, 0.4) is 0 Å². The van der Waals surface area contributed by atoms with Gasteiger partial charge in [-0.15, -0.1) is 0 Å². The molecule has 4 N–H and O–H groups in total. The van der Waals surface area contributed by atoms with Gasteiger partial charge in [0.1, 0.15) is 0 Å². The topological polar surface area (TPSA) is 61.3 Å². The van der Waals surface area contributed by atoms with E-state index in [-0.39, 0.29) is 0 Å². The van der Waals surface area contributed by atoms with Crippen LogP contribution in [-0.2, 0) is 4.43 Å². The van der Waals surface area contributed by atoms with E-state index in [0.29, 0.717) is 6.61 Å². The molecular formula is C3H12N2OSi. The predicted molar refractivity (Wildman–Crippen MR) is 31.8 cm³/mol. The second-order valence-corrected chi connectivity index (χ2v) is 2.60. The van der Waals surface area contributed by atoms with E-state index in [0.717, 1.165) is 6.42 Å². The number of rotatable bonds is 3. The van der Waals surface area contributed by atoms with Crippen LogP contribution in [0.5, 0.6) is 0 Å². The van der Waals surface area contributed by atoms with Gasteiger partial charge in [0.05, 0.1) is 0 Å². The molecule has 7 heavy (non-hydrogen) atoms. The monoisotopic (exact) mass is 120 g/mol. The Morgan fingerprint density at radius 2 is 2.14 bits per heavy atom. The van der Waals surface area contributed by atoms with Crippen LogP contribution in [0.25, 0.3) is 0 Å². The van der Waals surface area contributed by atoms with E-state index in [1.165, 1.54) is 0 Å². The first-order chi connectivity index (χ1) is 3.27. The van der Waals surface area contributed by atoms with E-state index in [1.807, 2.05) is 6.92 Å². The first-order valence-corrected chi connectivity index (χ1v) is 4.20. The van der Waals surface area contributed by atoms with Gasteiger partial charge in [-0.1, -0.05) is 6.92 Å². The zero-order chi connectivity index (χ0) is 5.70. The summed E-state index contributed by atoms with van der Waals surface area (Å²) in [6.45, 7) is 2.74. The van der Waals surface area contributed by atoms with Crippen molar-refractivity contribution in [2.75, 3.05) is 6.61 Å². The summed E-state index contributed by atoms with van der Waals surface area (Å²) in [5.74, 6) is 0. The van der Waals surface area contributed by atoms with Crippen LogP contribution in [-0.4, -0.2) is 16.0 Å². The van der Waals surface area contributed by atoms with Crippen LogP contribution in [0.2, 0.25) is 0 Å². The first-order valence-electron chi connectivity index (χ1n) is 2.40. The minimum absolute atomic E-state index is 0.712. The average Bonchev–Trinajstić information content (AvgIpc) is 1.61. The van der Waals surface area contributed by atoms with Crippen LogP contribution in [0.4, 0.5) is 0 Å². The molecule has 0 saturated heterocycles. The average molecular weight is 120 g/mol. The van der Waals surface area contributed by atoms with E-state index in [1.54, 1.807) is 0 Å². The van der Waals surface area contributed by atoms with E-state index in [9.17, 15) is 0 Å². The number of hydrogen-bond donors (Lipinski definition) is 2. The lowest BCUT2D eigenvalue weighted by Gasteiger charge is -2.00. The van der Waals surface area contributed by atoms with Crippen molar-refractivity contribution in [3.8, 4) is 0 Å². The fraction of sp³-hybridized carbons (Fsp3) is 1.00. The number of nitrogens with two attached hydrogens (primary N) is 2. The van der Waals surface area contributed by atoms with Gasteiger partial charge < -0.3 is 15.2 Å². The fourth-order valence-electron chi connectivity index (χ4n) is 0.254. The van der Waals surface area contributed by atoms with Crippen molar-refractivity contribution in [3.05, 3.63) is 0 Å². The molecule has 0 aromatic carbocycles. The van der Waals surface area contributed by atoms with Gasteiger partial charge in [-0.05, 0) is 6.42 Å². The van der Waals surface area contributed by atoms with Gasteiger partial charge >= 0.3 is 9.36 Å². The molecule has 0 heterocycles. The van der Waals surface area contributed by atoms with Crippen molar-refractivity contribution >= 4 is 9.36 Å². The molecule has 4 heteroatoms. The van der Waals surface area contributed by atoms with Gasteiger partial charge in [0.25, 0.3) is 0 Å². The van der Waals surface area contributed by atoms with Crippen LogP contribution >= 0.6 is 0 Å². The Labute approximate surface area is 45.5 Å². The van der Waals surface area contributed by atoms with Crippen molar-refractivity contribution in [2.24, 2.45) is 10.8 Å². The summed E-state index contributed by atoms with van der Waals surface area (Å²) < 4.78 is 4.89. The molecule has 0 unspecified atom stereocenters. The van der Waals surface area contributed by atoms with Gasteiger partial charge in [0.2, 0.25) is 0 Å². The zero-order valence-electron chi connectivity index (χ0n) is 4.55. The van der Waals surface area contributed by atoms with Crippen LogP contribution in [0, 0.1) is 0 Å². The SMILES string of the molecule is CCCO[SiH](N)N. The van der Waals surface area contributed by atoms with Crippen molar-refractivity contribution < 1.29 is 4.43 Å². The second-order valence-electron chi connectivity index (χ2n) is 1.34. The fourth-order valence-corrected chi connectivity index (χ4v) is 0.762. The maximum atomic E-state index is 5.17.